The van der Waals surface area contributed by atoms with Crippen LogP contribution in [-0.4, -0.2) is 25.1 Å². The van der Waals surface area contributed by atoms with E-state index in [2.05, 4.69) is 5.32 Å². The normalized spacial score (nSPS) is 9.67. The van der Waals surface area contributed by atoms with Gasteiger partial charge in [0, 0.05) is 20.9 Å². The first kappa shape index (κ1) is 16.5. The Morgan fingerprint density at radius 2 is 1.43 bits per heavy atom. The fourth-order valence-electron chi connectivity index (χ4n) is 1.48. The van der Waals surface area contributed by atoms with Crippen LogP contribution in [0.2, 0.25) is 0 Å². The van der Waals surface area contributed by atoms with E-state index in [0.29, 0.717) is 11.1 Å². The first-order valence-corrected chi connectivity index (χ1v) is 6.20. The lowest BCUT2D eigenvalue weighted by Gasteiger charge is -2.10. The molecule has 0 saturated carbocycles. The van der Waals surface area contributed by atoms with Crippen molar-refractivity contribution in [3.63, 3.8) is 0 Å². The average Bonchev–Trinajstić information content (AvgIpc) is 2.42. The number of benzene rings is 1. The third kappa shape index (κ3) is 6.42. The van der Waals surface area contributed by atoms with E-state index in [-0.39, 0.29) is 19.0 Å². The van der Waals surface area contributed by atoms with Gasteiger partial charge < -0.3 is 19.5 Å². The molecule has 0 bridgehead atoms. The highest BCUT2D eigenvalue weighted by molar-refractivity contribution is 5.70. The molecular formula is C14H17NO6. The number of esters is 2. The minimum atomic E-state index is -0.627. The summed E-state index contributed by atoms with van der Waals surface area (Å²) in [5.41, 5.74) is 1.24. The van der Waals surface area contributed by atoms with Gasteiger partial charge in [0.25, 0.3) is 0 Å². The van der Waals surface area contributed by atoms with Gasteiger partial charge in [-0.15, -0.1) is 0 Å². The Bertz CT molecular complexity index is 504. The van der Waals surface area contributed by atoms with Crippen LogP contribution in [0.5, 0.6) is 5.75 Å². The monoisotopic (exact) mass is 295 g/mol. The Labute approximate surface area is 122 Å². The second-order valence-corrected chi connectivity index (χ2v) is 4.19. The minimum Gasteiger partial charge on any atom is -0.461 e. The maximum Gasteiger partial charge on any atom is 0.412 e. The Morgan fingerprint density at radius 1 is 0.952 bits per heavy atom. The quantitative estimate of drug-likeness (QED) is 0.828. The van der Waals surface area contributed by atoms with Crippen molar-refractivity contribution in [1.82, 2.24) is 5.32 Å². The molecule has 0 saturated heterocycles. The first-order chi connectivity index (χ1) is 9.90. The predicted molar refractivity (Wildman–Crippen MR) is 72.5 cm³/mol. The molecule has 0 aromatic heterocycles. The smallest absolute Gasteiger partial charge is 0.412 e. The van der Waals surface area contributed by atoms with Gasteiger partial charge in [-0.05, 0) is 29.3 Å². The molecule has 7 heteroatoms. The molecule has 1 N–H and O–H groups in total. The van der Waals surface area contributed by atoms with Crippen molar-refractivity contribution < 1.29 is 28.6 Å². The van der Waals surface area contributed by atoms with Crippen LogP contribution < -0.4 is 10.1 Å². The number of ether oxygens (including phenoxy) is 3. The molecule has 7 nitrogen and oxygen atoms in total. The molecule has 1 aromatic carbocycles. The molecule has 1 aromatic rings. The lowest BCUT2D eigenvalue weighted by atomic mass is 10.1. The fraction of sp³-hybridized carbons (Fsp3) is 0.357. The van der Waals surface area contributed by atoms with Gasteiger partial charge in [-0.1, -0.05) is 0 Å². The predicted octanol–water partition coefficient (Wildman–Crippen LogP) is 1.53. The molecule has 0 heterocycles. The molecule has 0 aliphatic heterocycles. The van der Waals surface area contributed by atoms with E-state index in [1.165, 1.54) is 20.9 Å². The van der Waals surface area contributed by atoms with E-state index in [0.717, 1.165) is 0 Å². The average molecular weight is 295 g/mol. The zero-order valence-electron chi connectivity index (χ0n) is 12.1. The van der Waals surface area contributed by atoms with Gasteiger partial charge in [-0.2, -0.15) is 0 Å². The van der Waals surface area contributed by atoms with Crippen molar-refractivity contribution >= 4 is 18.0 Å². The topological polar surface area (TPSA) is 90.9 Å². The van der Waals surface area contributed by atoms with Gasteiger partial charge in [0.2, 0.25) is 0 Å². The molecule has 1 amide bonds. The number of hydrogen-bond acceptors (Lipinski definition) is 6. The number of carbonyl (C=O) groups excluding carboxylic acids is 3. The minimum absolute atomic E-state index is 0.0351. The summed E-state index contributed by atoms with van der Waals surface area (Å²) in [5, 5.41) is 2.32. The van der Waals surface area contributed by atoms with Crippen LogP contribution in [0.3, 0.4) is 0 Å². The zero-order valence-corrected chi connectivity index (χ0v) is 12.1. The Hall–Kier alpha value is -2.57. The Balaban J connectivity index is 2.91. The highest BCUT2D eigenvalue weighted by Gasteiger charge is 2.08. The Morgan fingerprint density at radius 3 is 1.81 bits per heavy atom. The molecular weight excluding hydrogens is 278 g/mol. The van der Waals surface area contributed by atoms with Gasteiger partial charge >= 0.3 is 18.0 Å². The molecule has 0 aliphatic rings. The van der Waals surface area contributed by atoms with Gasteiger partial charge in [0.05, 0.1) is 0 Å². The van der Waals surface area contributed by atoms with Crippen LogP contribution >= 0.6 is 0 Å². The van der Waals surface area contributed by atoms with Crippen molar-refractivity contribution in [3.8, 4) is 5.75 Å². The first-order valence-electron chi connectivity index (χ1n) is 6.20. The van der Waals surface area contributed by atoms with E-state index in [4.69, 9.17) is 14.2 Å². The summed E-state index contributed by atoms with van der Waals surface area (Å²) in [5.74, 6) is -0.579. The maximum absolute atomic E-state index is 11.2. The second kappa shape index (κ2) is 7.88. The SMILES string of the molecule is CNC(=O)Oc1cc(COC(C)=O)cc(COC(C)=O)c1. The Kier molecular flexibility index (Phi) is 6.19. The van der Waals surface area contributed by atoms with Crippen molar-refractivity contribution in [3.05, 3.63) is 29.3 Å². The number of carbonyl (C=O) groups is 3. The van der Waals surface area contributed by atoms with Crippen molar-refractivity contribution in [2.75, 3.05) is 7.05 Å². The van der Waals surface area contributed by atoms with Crippen molar-refractivity contribution in [2.45, 2.75) is 27.1 Å². The number of rotatable bonds is 5. The van der Waals surface area contributed by atoms with Gasteiger partial charge in [0.1, 0.15) is 19.0 Å². The van der Waals surface area contributed by atoms with Crippen LogP contribution in [0, 0.1) is 0 Å². The molecule has 114 valence electrons. The third-order valence-corrected chi connectivity index (χ3v) is 2.32. The zero-order chi connectivity index (χ0) is 15.8. The largest absolute Gasteiger partial charge is 0.461 e. The van der Waals surface area contributed by atoms with Crippen LogP contribution in [0.25, 0.3) is 0 Å². The molecule has 21 heavy (non-hydrogen) atoms. The molecule has 1 rings (SSSR count). The van der Waals surface area contributed by atoms with E-state index < -0.39 is 18.0 Å². The van der Waals surface area contributed by atoms with E-state index in [1.807, 2.05) is 0 Å². The summed E-state index contributed by atoms with van der Waals surface area (Å²) in [6.45, 7) is 2.66. The lowest BCUT2D eigenvalue weighted by molar-refractivity contribution is -0.142. The van der Waals surface area contributed by atoms with E-state index in [9.17, 15) is 14.4 Å². The second-order valence-electron chi connectivity index (χ2n) is 4.19. The number of hydrogen-bond donors (Lipinski definition) is 1. The summed E-state index contributed by atoms with van der Waals surface area (Å²) in [7, 11) is 1.44. The highest BCUT2D eigenvalue weighted by atomic mass is 16.6. The van der Waals surface area contributed by atoms with Crippen molar-refractivity contribution in [2.24, 2.45) is 0 Å². The van der Waals surface area contributed by atoms with Gasteiger partial charge in [-0.3, -0.25) is 9.59 Å². The van der Waals surface area contributed by atoms with E-state index in [1.54, 1.807) is 18.2 Å². The van der Waals surface area contributed by atoms with Gasteiger partial charge in [0.15, 0.2) is 0 Å². The summed E-state index contributed by atoms with van der Waals surface area (Å²) in [6, 6.07) is 4.83. The molecule has 0 atom stereocenters. The highest BCUT2D eigenvalue weighted by Crippen LogP contribution is 2.19. The number of amides is 1. The summed E-state index contributed by atoms with van der Waals surface area (Å²) >= 11 is 0. The van der Waals surface area contributed by atoms with Crippen LogP contribution in [0.4, 0.5) is 4.79 Å². The summed E-state index contributed by atoms with van der Waals surface area (Å²) < 4.78 is 14.8. The standard InChI is InChI=1S/C14H17NO6/c1-9(16)19-7-11-4-12(8-20-10(2)17)6-13(5-11)21-14(18)15-3/h4-6H,7-8H2,1-3H3,(H,15,18). The molecule has 0 fully saturated rings. The molecule has 0 unspecified atom stereocenters. The van der Waals surface area contributed by atoms with Crippen LogP contribution in [0.15, 0.2) is 18.2 Å². The summed E-state index contributed by atoms with van der Waals surface area (Å²) in [4.78, 5) is 32.9. The molecule has 0 radical (unpaired) electrons. The molecule has 0 aliphatic carbocycles. The maximum atomic E-state index is 11.2. The fourth-order valence-corrected chi connectivity index (χ4v) is 1.48. The van der Waals surface area contributed by atoms with E-state index >= 15 is 0 Å². The van der Waals surface area contributed by atoms with Crippen LogP contribution in [-0.2, 0) is 32.3 Å². The van der Waals surface area contributed by atoms with Crippen LogP contribution in [0.1, 0.15) is 25.0 Å². The number of nitrogens with one attached hydrogen (secondary N) is 1. The lowest BCUT2D eigenvalue weighted by Crippen LogP contribution is -2.22. The van der Waals surface area contributed by atoms with Crippen molar-refractivity contribution in [1.29, 1.82) is 0 Å². The third-order valence-electron chi connectivity index (χ3n) is 2.32. The van der Waals surface area contributed by atoms with Gasteiger partial charge in [-0.25, -0.2) is 4.79 Å². The summed E-state index contributed by atoms with van der Waals surface area (Å²) in [6.07, 6.45) is -0.627. The molecule has 0 spiro atoms.